The van der Waals surface area contributed by atoms with E-state index in [0.717, 1.165) is 31.2 Å². The van der Waals surface area contributed by atoms with E-state index < -0.39 is 25.6 Å². The van der Waals surface area contributed by atoms with Crippen molar-refractivity contribution in [2.45, 2.75) is 61.8 Å². The number of pyridine rings is 1. The van der Waals surface area contributed by atoms with E-state index in [9.17, 15) is 16.8 Å². The normalized spacial score (nSPS) is 18.2. The van der Waals surface area contributed by atoms with Gasteiger partial charge in [-0.05, 0) is 81.8 Å². The third-order valence-corrected chi connectivity index (χ3v) is 9.63. The summed E-state index contributed by atoms with van der Waals surface area (Å²) in [5.74, 6) is 0.635. The molecular formula is C23H32N4O4S2. The zero-order chi connectivity index (χ0) is 23.9. The molecule has 1 saturated heterocycles. The maximum Gasteiger partial charge on any atom is 0.243 e. The molecule has 0 radical (unpaired) electrons. The van der Waals surface area contributed by atoms with Crippen LogP contribution in [0.4, 0.5) is 5.82 Å². The molecule has 8 nitrogen and oxygen atoms in total. The zero-order valence-corrected chi connectivity index (χ0v) is 21.0. The Labute approximate surface area is 197 Å². The smallest absolute Gasteiger partial charge is 0.243 e. The molecule has 0 amide bonds. The van der Waals surface area contributed by atoms with Gasteiger partial charge in [-0.1, -0.05) is 6.07 Å². The third-order valence-electron chi connectivity index (χ3n) is 5.99. The number of sulfonamides is 2. The van der Waals surface area contributed by atoms with Crippen LogP contribution in [0.5, 0.6) is 0 Å². The summed E-state index contributed by atoms with van der Waals surface area (Å²) in [6.07, 6.45) is 5.58. The molecule has 1 aliphatic heterocycles. The topological polar surface area (TPSA) is 99.7 Å². The number of anilines is 1. The van der Waals surface area contributed by atoms with Crippen LogP contribution in [0.3, 0.4) is 0 Å². The Morgan fingerprint density at radius 1 is 0.848 bits per heavy atom. The van der Waals surface area contributed by atoms with Gasteiger partial charge in [0, 0.05) is 37.9 Å². The summed E-state index contributed by atoms with van der Waals surface area (Å²) in [6, 6.07) is 8.75. The number of fused-ring (bicyclic) bond motifs is 1. The van der Waals surface area contributed by atoms with Gasteiger partial charge in [0.2, 0.25) is 20.0 Å². The van der Waals surface area contributed by atoms with Crippen LogP contribution in [0.1, 0.15) is 44.7 Å². The van der Waals surface area contributed by atoms with Crippen LogP contribution in [-0.4, -0.2) is 57.8 Å². The van der Waals surface area contributed by atoms with E-state index in [1.54, 1.807) is 32.9 Å². The van der Waals surface area contributed by atoms with Gasteiger partial charge in [-0.25, -0.2) is 26.5 Å². The molecule has 2 aliphatic rings. The summed E-state index contributed by atoms with van der Waals surface area (Å²) in [4.78, 5) is 6.79. The lowest BCUT2D eigenvalue weighted by molar-refractivity contribution is 0.383. The first-order chi connectivity index (χ1) is 15.5. The van der Waals surface area contributed by atoms with Crippen molar-refractivity contribution in [2.24, 2.45) is 0 Å². The number of hydrogen-bond acceptors (Lipinski definition) is 6. The molecule has 2 aromatic rings. The molecule has 0 saturated carbocycles. The van der Waals surface area contributed by atoms with E-state index in [2.05, 4.69) is 9.71 Å². The van der Waals surface area contributed by atoms with E-state index in [4.69, 9.17) is 0 Å². The standard InChI is InChI=1S/C23H32N4O4S2/c1-23(2,3)25-32(28,29)21-10-11-22(24-17-21)26-12-14-27(15-13-26)33(30,31)20-9-8-18-6-4-5-7-19(18)16-20/h8-11,16-17,25H,4-7,12-15H2,1-3H3. The van der Waals surface area contributed by atoms with Crippen LogP contribution in [0.15, 0.2) is 46.3 Å². The number of nitrogens with one attached hydrogen (secondary N) is 1. The molecule has 2 heterocycles. The molecule has 1 aromatic heterocycles. The maximum atomic E-state index is 13.2. The summed E-state index contributed by atoms with van der Waals surface area (Å²) in [5, 5.41) is 0. The largest absolute Gasteiger partial charge is 0.354 e. The number of benzene rings is 1. The Balaban J connectivity index is 1.42. The fourth-order valence-electron chi connectivity index (χ4n) is 4.36. The van der Waals surface area contributed by atoms with Gasteiger partial charge in [0.1, 0.15) is 10.7 Å². The van der Waals surface area contributed by atoms with E-state index in [-0.39, 0.29) is 4.90 Å². The SMILES string of the molecule is CC(C)(C)NS(=O)(=O)c1ccc(N2CCN(S(=O)(=O)c3ccc4c(c3)CCCC4)CC2)nc1. The molecule has 1 aliphatic carbocycles. The van der Waals surface area contributed by atoms with Crippen molar-refractivity contribution >= 4 is 25.9 Å². The van der Waals surface area contributed by atoms with E-state index in [1.165, 1.54) is 22.1 Å². The molecular weight excluding hydrogens is 460 g/mol. The van der Waals surface area contributed by atoms with Crippen molar-refractivity contribution in [2.75, 3.05) is 31.1 Å². The second kappa shape index (κ2) is 8.98. The molecule has 180 valence electrons. The van der Waals surface area contributed by atoms with Crippen LogP contribution in [0.25, 0.3) is 0 Å². The molecule has 0 atom stereocenters. The fourth-order valence-corrected chi connectivity index (χ4v) is 7.19. The van der Waals surface area contributed by atoms with Crippen molar-refractivity contribution in [3.05, 3.63) is 47.7 Å². The Morgan fingerprint density at radius 3 is 2.09 bits per heavy atom. The summed E-state index contributed by atoms with van der Waals surface area (Å²) >= 11 is 0. The molecule has 0 unspecified atom stereocenters. The second-order valence-corrected chi connectivity index (χ2v) is 13.4. The molecule has 33 heavy (non-hydrogen) atoms. The van der Waals surface area contributed by atoms with Gasteiger partial charge < -0.3 is 4.90 Å². The van der Waals surface area contributed by atoms with Crippen molar-refractivity contribution in [1.82, 2.24) is 14.0 Å². The van der Waals surface area contributed by atoms with Crippen LogP contribution in [-0.2, 0) is 32.9 Å². The number of nitrogens with zero attached hydrogens (tertiary/aromatic N) is 3. The summed E-state index contributed by atoms with van der Waals surface area (Å²) in [6.45, 7) is 7.03. The first-order valence-electron chi connectivity index (χ1n) is 11.3. The number of aromatic nitrogens is 1. The average Bonchev–Trinajstić information content (AvgIpc) is 2.77. The number of hydrogen-bond donors (Lipinski definition) is 1. The predicted molar refractivity (Wildman–Crippen MR) is 128 cm³/mol. The minimum atomic E-state index is -3.65. The van der Waals surface area contributed by atoms with Crippen molar-refractivity contribution in [1.29, 1.82) is 0 Å². The van der Waals surface area contributed by atoms with Crippen LogP contribution >= 0.6 is 0 Å². The number of piperazine rings is 1. The maximum absolute atomic E-state index is 13.2. The number of rotatable bonds is 5. The highest BCUT2D eigenvalue weighted by Crippen LogP contribution is 2.27. The number of aryl methyl sites for hydroxylation is 2. The van der Waals surface area contributed by atoms with Gasteiger partial charge in [0.15, 0.2) is 0 Å². The monoisotopic (exact) mass is 492 g/mol. The third kappa shape index (κ3) is 5.40. The fraction of sp³-hybridized carbons (Fsp3) is 0.522. The molecule has 1 aromatic carbocycles. The Kier molecular flexibility index (Phi) is 6.56. The lowest BCUT2D eigenvalue weighted by Crippen LogP contribution is -2.49. The summed E-state index contributed by atoms with van der Waals surface area (Å²) < 4.78 is 55.5. The van der Waals surface area contributed by atoms with Gasteiger partial charge in [-0.3, -0.25) is 0 Å². The summed E-state index contributed by atoms with van der Waals surface area (Å²) in [7, 11) is -7.20. The quantitative estimate of drug-likeness (QED) is 0.689. The Morgan fingerprint density at radius 2 is 1.48 bits per heavy atom. The zero-order valence-electron chi connectivity index (χ0n) is 19.4. The lowest BCUT2D eigenvalue weighted by Gasteiger charge is -2.34. The minimum Gasteiger partial charge on any atom is -0.354 e. The minimum absolute atomic E-state index is 0.106. The molecule has 1 N–H and O–H groups in total. The Hall–Kier alpha value is -2.01. The highest BCUT2D eigenvalue weighted by atomic mass is 32.2. The van der Waals surface area contributed by atoms with Crippen LogP contribution < -0.4 is 9.62 Å². The van der Waals surface area contributed by atoms with Gasteiger partial charge in [0.05, 0.1) is 4.90 Å². The average molecular weight is 493 g/mol. The molecule has 0 spiro atoms. The van der Waals surface area contributed by atoms with Gasteiger partial charge in [0.25, 0.3) is 0 Å². The Bertz CT molecular complexity index is 1210. The van der Waals surface area contributed by atoms with E-state index in [1.807, 2.05) is 17.0 Å². The summed E-state index contributed by atoms with van der Waals surface area (Å²) in [5.41, 5.74) is 1.83. The van der Waals surface area contributed by atoms with Crippen molar-refractivity contribution < 1.29 is 16.8 Å². The van der Waals surface area contributed by atoms with Gasteiger partial charge in [-0.15, -0.1) is 0 Å². The second-order valence-electron chi connectivity index (χ2n) is 9.74. The van der Waals surface area contributed by atoms with Gasteiger partial charge >= 0.3 is 0 Å². The highest BCUT2D eigenvalue weighted by molar-refractivity contribution is 7.89. The van der Waals surface area contributed by atoms with Crippen LogP contribution in [0.2, 0.25) is 0 Å². The molecule has 1 fully saturated rings. The van der Waals surface area contributed by atoms with E-state index >= 15 is 0 Å². The molecule has 0 bridgehead atoms. The molecule has 10 heteroatoms. The van der Waals surface area contributed by atoms with Crippen LogP contribution in [0, 0.1) is 0 Å². The molecule has 4 rings (SSSR count). The lowest BCUT2D eigenvalue weighted by atomic mass is 9.92. The van der Waals surface area contributed by atoms with E-state index in [0.29, 0.717) is 36.9 Å². The van der Waals surface area contributed by atoms with Gasteiger partial charge in [-0.2, -0.15) is 4.31 Å². The van der Waals surface area contributed by atoms with Crippen molar-refractivity contribution in [3.63, 3.8) is 0 Å². The van der Waals surface area contributed by atoms with Crippen molar-refractivity contribution in [3.8, 4) is 0 Å². The first kappa shape index (κ1) is 24.1. The predicted octanol–water partition coefficient (Wildman–Crippen LogP) is 2.55. The highest BCUT2D eigenvalue weighted by Gasteiger charge is 2.30. The first-order valence-corrected chi connectivity index (χ1v) is 14.2.